The molecule has 0 radical (unpaired) electrons. The van der Waals surface area contributed by atoms with Crippen LogP contribution in [0.3, 0.4) is 0 Å². The minimum atomic E-state index is 0.861. The molecule has 1 saturated heterocycles. The molecule has 1 heteroatoms. The Bertz CT molecular complexity index is 124. The number of nitrogens with one attached hydrogen (secondary N) is 1. The Morgan fingerprint density at radius 3 is 1.62 bits per heavy atom. The van der Waals surface area contributed by atoms with E-state index in [9.17, 15) is 0 Å². The highest BCUT2D eigenvalue weighted by Crippen LogP contribution is 2.28. The molecule has 2 atom stereocenters. The summed E-state index contributed by atoms with van der Waals surface area (Å²) in [6.07, 6.45) is 2.81. The van der Waals surface area contributed by atoms with Crippen LogP contribution in [0.15, 0.2) is 0 Å². The second kappa shape index (κ2) is 4.99. The SMILES string of the molecule is CC(C)CC1CNCC1CC(C)C. The fourth-order valence-electron chi connectivity index (χ4n) is 2.55. The molecule has 0 aliphatic carbocycles. The van der Waals surface area contributed by atoms with Gasteiger partial charge in [-0.15, -0.1) is 0 Å². The third-order valence-corrected chi connectivity index (χ3v) is 3.03. The van der Waals surface area contributed by atoms with E-state index < -0.39 is 0 Å². The molecular weight excluding hydrogens is 158 g/mol. The van der Waals surface area contributed by atoms with Crippen molar-refractivity contribution < 1.29 is 0 Å². The second-order valence-electron chi connectivity index (χ2n) is 5.44. The van der Waals surface area contributed by atoms with Crippen molar-refractivity contribution in [3.8, 4) is 0 Å². The number of hydrogen-bond donors (Lipinski definition) is 1. The third-order valence-electron chi connectivity index (χ3n) is 3.03. The molecule has 1 fully saturated rings. The van der Waals surface area contributed by atoms with Gasteiger partial charge in [0, 0.05) is 0 Å². The van der Waals surface area contributed by atoms with Crippen LogP contribution < -0.4 is 5.32 Å². The third kappa shape index (κ3) is 3.68. The summed E-state index contributed by atoms with van der Waals surface area (Å²) in [5.41, 5.74) is 0. The molecule has 0 aromatic rings. The largest absolute Gasteiger partial charge is 0.316 e. The van der Waals surface area contributed by atoms with Gasteiger partial charge in [0.1, 0.15) is 0 Å². The average molecular weight is 183 g/mol. The van der Waals surface area contributed by atoms with Gasteiger partial charge in [-0.05, 0) is 49.6 Å². The lowest BCUT2D eigenvalue weighted by atomic mass is 9.83. The maximum absolute atomic E-state index is 3.53. The van der Waals surface area contributed by atoms with Crippen LogP contribution in [0.4, 0.5) is 0 Å². The van der Waals surface area contributed by atoms with Gasteiger partial charge in [0.25, 0.3) is 0 Å². The van der Waals surface area contributed by atoms with Crippen molar-refractivity contribution in [3.63, 3.8) is 0 Å². The van der Waals surface area contributed by atoms with Crippen molar-refractivity contribution in [1.82, 2.24) is 5.32 Å². The fourth-order valence-corrected chi connectivity index (χ4v) is 2.55. The van der Waals surface area contributed by atoms with Crippen LogP contribution in [-0.2, 0) is 0 Å². The topological polar surface area (TPSA) is 12.0 Å². The Morgan fingerprint density at radius 1 is 0.923 bits per heavy atom. The number of rotatable bonds is 4. The van der Waals surface area contributed by atoms with Gasteiger partial charge in [-0.1, -0.05) is 27.7 Å². The lowest BCUT2D eigenvalue weighted by Crippen LogP contribution is -2.16. The van der Waals surface area contributed by atoms with Crippen molar-refractivity contribution in [2.45, 2.75) is 40.5 Å². The number of hydrogen-bond acceptors (Lipinski definition) is 1. The molecule has 1 N–H and O–H groups in total. The van der Waals surface area contributed by atoms with Crippen LogP contribution in [-0.4, -0.2) is 13.1 Å². The van der Waals surface area contributed by atoms with Gasteiger partial charge in [0.05, 0.1) is 0 Å². The van der Waals surface area contributed by atoms with Gasteiger partial charge in [-0.3, -0.25) is 0 Å². The summed E-state index contributed by atoms with van der Waals surface area (Å²) in [5.74, 6) is 3.61. The molecule has 0 aromatic carbocycles. The molecule has 1 aliphatic rings. The highest BCUT2D eigenvalue weighted by Gasteiger charge is 2.27. The zero-order valence-electron chi connectivity index (χ0n) is 9.64. The first kappa shape index (κ1) is 11.0. The monoisotopic (exact) mass is 183 g/mol. The predicted molar refractivity (Wildman–Crippen MR) is 58.8 cm³/mol. The quantitative estimate of drug-likeness (QED) is 0.706. The molecular formula is C12H25N. The predicted octanol–water partition coefficient (Wildman–Crippen LogP) is 2.91. The Hall–Kier alpha value is -0.0400. The van der Waals surface area contributed by atoms with E-state index in [1.165, 1.54) is 25.9 Å². The maximum atomic E-state index is 3.53. The first-order valence-corrected chi connectivity index (χ1v) is 5.80. The molecule has 0 aromatic heterocycles. The second-order valence-corrected chi connectivity index (χ2v) is 5.44. The standard InChI is InChI=1S/C12H25N/c1-9(2)5-11-7-13-8-12(11)6-10(3)4/h9-13H,5-8H2,1-4H3. The van der Waals surface area contributed by atoms with E-state index >= 15 is 0 Å². The lowest BCUT2D eigenvalue weighted by Gasteiger charge is -2.21. The summed E-state index contributed by atoms with van der Waals surface area (Å²) in [4.78, 5) is 0. The van der Waals surface area contributed by atoms with Crippen LogP contribution in [0.2, 0.25) is 0 Å². The summed E-state index contributed by atoms with van der Waals surface area (Å²) in [5, 5.41) is 3.53. The van der Waals surface area contributed by atoms with Crippen LogP contribution >= 0.6 is 0 Å². The van der Waals surface area contributed by atoms with E-state index in [4.69, 9.17) is 0 Å². The summed E-state index contributed by atoms with van der Waals surface area (Å²) in [6.45, 7) is 11.9. The Morgan fingerprint density at radius 2 is 1.31 bits per heavy atom. The Labute approximate surface area is 83.3 Å². The Balaban J connectivity index is 2.35. The first-order chi connectivity index (χ1) is 6.09. The van der Waals surface area contributed by atoms with Crippen molar-refractivity contribution in [3.05, 3.63) is 0 Å². The van der Waals surface area contributed by atoms with Crippen molar-refractivity contribution >= 4 is 0 Å². The van der Waals surface area contributed by atoms with E-state index in [2.05, 4.69) is 33.0 Å². The Kier molecular flexibility index (Phi) is 4.24. The zero-order valence-corrected chi connectivity index (χ0v) is 9.64. The van der Waals surface area contributed by atoms with E-state index in [1.54, 1.807) is 0 Å². The molecule has 78 valence electrons. The van der Waals surface area contributed by atoms with E-state index in [1.807, 2.05) is 0 Å². The van der Waals surface area contributed by atoms with Gasteiger partial charge in [-0.2, -0.15) is 0 Å². The van der Waals surface area contributed by atoms with Crippen LogP contribution in [0.25, 0.3) is 0 Å². The minimum Gasteiger partial charge on any atom is -0.316 e. The van der Waals surface area contributed by atoms with E-state index in [0.717, 1.165) is 23.7 Å². The lowest BCUT2D eigenvalue weighted by molar-refractivity contribution is 0.303. The molecule has 1 aliphatic heterocycles. The normalized spacial score (nSPS) is 29.1. The van der Waals surface area contributed by atoms with Crippen LogP contribution in [0.5, 0.6) is 0 Å². The highest BCUT2D eigenvalue weighted by atomic mass is 14.9. The molecule has 0 amide bonds. The van der Waals surface area contributed by atoms with Crippen LogP contribution in [0.1, 0.15) is 40.5 Å². The molecule has 0 bridgehead atoms. The summed E-state index contributed by atoms with van der Waals surface area (Å²) in [7, 11) is 0. The van der Waals surface area contributed by atoms with Crippen molar-refractivity contribution in [2.24, 2.45) is 23.7 Å². The van der Waals surface area contributed by atoms with Gasteiger partial charge in [0.15, 0.2) is 0 Å². The summed E-state index contributed by atoms with van der Waals surface area (Å²) in [6, 6.07) is 0. The molecule has 1 rings (SSSR count). The molecule has 13 heavy (non-hydrogen) atoms. The van der Waals surface area contributed by atoms with Gasteiger partial charge in [0.2, 0.25) is 0 Å². The molecule has 0 spiro atoms. The molecule has 2 unspecified atom stereocenters. The van der Waals surface area contributed by atoms with Gasteiger partial charge >= 0.3 is 0 Å². The minimum absolute atomic E-state index is 0.861. The first-order valence-electron chi connectivity index (χ1n) is 5.80. The average Bonchev–Trinajstić information content (AvgIpc) is 2.34. The van der Waals surface area contributed by atoms with E-state index in [-0.39, 0.29) is 0 Å². The summed E-state index contributed by atoms with van der Waals surface area (Å²) >= 11 is 0. The van der Waals surface area contributed by atoms with Gasteiger partial charge < -0.3 is 5.32 Å². The van der Waals surface area contributed by atoms with Crippen LogP contribution in [0, 0.1) is 23.7 Å². The van der Waals surface area contributed by atoms with Crippen molar-refractivity contribution in [1.29, 1.82) is 0 Å². The summed E-state index contributed by atoms with van der Waals surface area (Å²) < 4.78 is 0. The highest BCUT2D eigenvalue weighted by molar-refractivity contribution is 4.82. The van der Waals surface area contributed by atoms with Gasteiger partial charge in [-0.25, -0.2) is 0 Å². The molecule has 1 nitrogen and oxygen atoms in total. The fraction of sp³-hybridized carbons (Fsp3) is 1.00. The van der Waals surface area contributed by atoms with Crippen molar-refractivity contribution in [2.75, 3.05) is 13.1 Å². The maximum Gasteiger partial charge on any atom is -0.00172 e. The smallest absolute Gasteiger partial charge is 0.00172 e. The zero-order chi connectivity index (χ0) is 9.84. The van der Waals surface area contributed by atoms with E-state index in [0.29, 0.717) is 0 Å². The molecule has 1 heterocycles. The molecule has 0 saturated carbocycles.